The molecule has 0 heterocycles. The molecule has 0 bridgehead atoms. The maximum Gasteiger partial charge on any atom is 0.186 e. The van der Waals surface area contributed by atoms with Gasteiger partial charge in [-0.25, -0.2) is 0 Å². The van der Waals surface area contributed by atoms with Crippen LogP contribution >= 0.6 is 0 Å². The maximum absolute atomic E-state index is 6.57. The van der Waals surface area contributed by atoms with Gasteiger partial charge in [-0.05, 0) is 32.5 Å². The van der Waals surface area contributed by atoms with Gasteiger partial charge in [0.2, 0.25) is 0 Å². The van der Waals surface area contributed by atoms with Crippen LogP contribution < -0.4 is 0 Å². The van der Waals surface area contributed by atoms with Gasteiger partial charge in [-0.3, -0.25) is 0 Å². The van der Waals surface area contributed by atoms with Gasteiger partial charge in [-0.1, -0.05) is 39.8 Å². The molecule has 0 rings (SSSR count). The Hall–Kier alpha value is 0.394. The Morgan fingerprint density at radius 2 is 1.73 bits per heavy atom. The van der Waals surface area contributed by atoms with Crippen LogP contribution in [0.5, 0.6) is 0 Å². The van der Waals surface area contributed by atoms with Crippen molar-refractivity contribution in [2.24, 2.45) is 0 Å². The fourth-order valence-corrected chi connectivity index (χ4v) is 6.95. The average molecular weight is 247 g/mol. The Morgan fingerprint density at radius 3 is 2.07 bits per heavy atom. The Labute approximate surface area is 99.3 Å². The number of hydrogen-bond donors (Lipinski definition) is 0. The van der Waals surface area contributed by atoms with E-state index in [9.17, 15) is 0 Å². The van der Waals surface area contributed by atoms with Gasteiger partial charge in [0.1, 0.15) is 0 Å². The highest BCUT2D eigenvalue weighted by molar-refractivity contribution is 6.72. The molecule has 0 radical (unpaired) electrons. The van der Waals surface area contributed by atoms with Gasteiger partial charge in [-0.2, -0.15) is 0 Å². The van der Waals surface area contributed by atoms with Gasteiger partial charge >= 0.3 is 0 Å². The first-order chi connectivity index (χ1) is 6.81. The van der Waals surface area contributed by atoms with E-state index in [1.807, 2.05) is 0 Å². The third-order valence-electron chi connectivity index (χ3n) is 3.76. The standard InChI is InChI=1S/C12H30OSi2/c1-8-11-12(4,14(5)9-2)13-15(6,7)10-3/h14H,8-11H2,1-7H3. The van der Waals surface area contributed by atoms with E-state index in [0.29, 0.717) is 0 Å². The predicted molar refractivity (Wildman–Crippen MR) is 75.9 cm³/mol. The number of rotatable bonds is 7. The molecular formula is C12H30OSi2. The normalized spacial score (nSPS) is 18.6. The second kappa shape index (κ2) is 6.21. The summed E-state index contributed by atoms with van der Waals surface area (Å²) in [4.78, 5) is 0. The highest BCUT2D eigenvalue weighted by Gasteiger charge is 2.36. The summed E-state index contributed by atoms with van der Waals surface area (Å²) in [6, 6.07) is 2.59. The van der Waals surface area contributed by atoms with Crippen molar-refractivity contribution in [3.8, 4) is 0 Å². The summed E-state index contributed by atoms with van der Waals surface area (Å²) < 4.78 is 6.57. The Balaban J connectivity index is 4.64. The summed E-state index contributed by atoms with van der Waals surface area (Å²) in [5.41, 5.74) is 0. The van der Waals surface area contributed by atoms with Gasteiger partial charge in [0, 0.05) is 5.22 Å². The molecule has 0 aliphatic heterocycles. The first-order valence-electron chi connectivity index (χ1n) is 6.51. The zero-order chi connectivity index (χ0) is 12.1. The van der Waals surface area contributed by atoms with E-state index in [2.05, 4.69) is 47.3 Å². The minimum atomic E-state index is -1.39. The van der Waals surface area contributed by atoms with Crippen LogP contribution in [0.4, 0.5) is 0 Å². The third-order valence-corrected chi connectivity index (χ3v) is 10.4. The highest BCUT2D eigenvalue weighted by atomic mass is 28.4. The summed E-state index contributed by atoms with van der Waals surface area (Å²) in [5, 5.41) is 0.245. The minimum absolute atomic E-state index is 0.245. The second-order valence-corrected chi connectivity index (χ2v) is 13.9. The quantitative estimate of drug-likeness (QED) is 0.612. The van der Waals surface area contributed by atoms with Crippen molar-refractivity contribution in [2.45, 2.75) is 77.5 Å². The van der Waals surface area contributed by atoms with Crippen molar-refractivity contribution >= 4 is 17.1 Å². The summed E-state index contributed by atoms with van der Waals surface area (Å²) in [6.45, 7) is 16.4. The Morgan fingerprint density at radius 1 is 1.20 bits per heavy atom. The minimum Gasteiger partial charge on any atom is -0.415 e. The molecule has 0 aliphatic rings. The molecule has 0 fully saturated rings. The molecule has 0 N–H and O–H groups in total. The van der Waals surface area contributed by atoms with Crippen LogP contribution in [0.15, 0.2) is 0 Å². The molecule has 15 heavy (non-hydrogen) atoms. The third kappa shape index (κ3) is 4.83. The Kier molecular flexibility index (Phi) is 6.37. The first kappa shape index (κ1) is 15.4. The van der Waals surface area contributed by atoms with Gasteiger partial charge in [0.05, 0.1) is 8.80 Å². The molecule has 1 nitrogen and oxygen atoms in total. The second-order valence-electron chi connectivity index (χ2n) is 5.59. The lowest BCUT2D eigenvalue weighted by molar-refractivity contribution is 0.146. The largest absolute Gasteiger partial charge is 0.415 e. The molecule has 2 atom stereocenters. The zero-order valence-corrected chi connectivity index (χ0v) is 14.0. The van der Waals surface area contributed by atoms with E-state index < -0.39 is 17.1 Å². The lowest BCUT2D eigenvalue weighted by atomic mass is 10.2. The molecule has 0 amide bonds. The number of hydrogen-bond acceptors (Lipinski definition) is 1. The predicted octanol–water partition coefficient (Wildman–Crippen LogP) is 4.20. The van der Waals surface area contributed by atoms with E-state index in [0.717, 1.165) is 0 Å². The van der Waals surface area contributed by atoms with Gasteiger partial charge < -0.3 is 4.43 Å². The Bertz CT molecular complexity index is 182. The monoisotopic (exact) mass is 246 g/mol. The molecule has 0 saturated heterocycles. The van der Waals surface area contributed by atoms with E-state index in [1.54, 1.807) is 0 Å². The van der Waals surface area contributed by atoms with Crippen LogP contribution in [0.25, 0.3) is 0 Å². The first-order valence-corrected chi connectivity index (χ1v) is 12.2. The smallest absolute Gasteiger partial charge is 0.186 e. The lowest BCUT2D eigenvalue weighted by Crippen LogP contribution is -2.50. The van der Waals surface area contributed by atoms with E-state index in [4.69, 9.17) is 4.43 Å². The molecule has 0 saturated carbocycles. The van der Waals surface area contributed by atoms with Crippen molar-refractivity contribution in [3.63, 3.8) is 0 Å². The van der Waals surface area contributed by atoms with Crippen LogP contribution in [0.1, 0.15) is 40.5 Å². The summed E-state index contributed by atoms with van der Waals surface area (Å²) >= 11 is 0. The lowest BCUT2D eigenvalue weighted by Gasteiger charge is -2.41. The molecule has 3 heteroatoms. The molecule has 0 aromatic carbocycles. The van der Waals surface area contributed by atoms with Crippen molar-refractivity contribution in [3.05, 3.63) is 0 Å². The van der Waals surface area contributed by atoms with Crippen molar-refractivity contribution < 1.29 is 4.43 Å². The molecule has 0 spiro atoms. The fourth-order valence-electron chi connectivity index (χ4n) is 2.03. The van der Waals surface area contributed by atoms with E-state index >= 15 is 0 Å². The van der Waals surface area contributed by atoms with E-state index in [1.165, 1.54) is 24.9 Å². The summed E-state index contributed by atoms with van der Waals surface area (Å²) in [7, 11) is -2.12. The van der Waals surface area contributed by atoms with Crippen molar-refractivity contribution in [1.82, 2.24) is 0 Å². The summed E-state index contributed by atoms with van der Waals surface area (Å²) in [6.07, 6.45) is 2.51. The van der Waals surface area contributed by atoms with Crippen LogP contribution in [0.2, 0.25) is 31.7 Å². The molecular weight excluding hydrogens is 216 g/mol. The van der Waals surface area contributed by atoms with Gasteiger partial charge in [0.15, 0.2) is 8.32 Å². The molecule has 0 aromatic heterocycles. The van der Waals surface area contributed by atoms with Crippen molar-refractivity contribution in [1.29, 1.82) is 0 Å². The molecule has 0 aliphatic carbocycles. The summed E-state index contributed by atoms with van der Waals surface area (Å²) in [5.74, 6) is 0. The molecule has 92 valence electrons. The zero-order valence-electron chi connectivity index (χ0n) is 11.8. The highest BCUT2D eigenvalue weighted by Crippen LogP contribution is 2.29. The van der Waals surface area contributed by atoms with Gasteiger partial charge in [-0.15, -0.1) is 0 Å². The van der Waals surface area contributed by atoms with Crippen molar-refractivity contribution in [2.75, 3.05) is 0 Å². The average Bonchev–Trinajstić information content (AvgIpc) is 2.16. The van der Waals surface area contributed by atoms with Crippen LogP contribution in [0.3, 0.4) is 0 Å². The maximum atomic E-state index is 6.57. The van der Waals surface area contributed by atoms with Crippen LogP contribution in [-0.2, 0) is 4.43 Å². The fraction of sp³-hybridized carbons (Fsp3) is 1.00. The van der Waals surface area contributed by atoms with Gasteiger partial charge in [0.25, 0.3) is 0 Å². The van der Waals surface area contributed by atoms with E-state index in [-0.39, 0.29) is 5.22 Å². The topological polar surface area (TPSA) is 9.23 Å². The molecule has 2 unspecified atom stereocenters. The van der Waals surface area contributed by atoms with Crippen LogP contribution in [0, 0.1) is 0 Å². The SMILES string of the molecule is CCCC(C)(O[Si](C)(C)CC)[SiH](C)CC. The molecule has 0 aromatic rings. The van der Waals surface area contributed by atoms with Crippen LogP contribution in [-0.4, -0.2) is 22.3 Å².